The summed E-state index contributed by atoms with van der Waals surface area (Å²) in [6, 6.07) is 18.0. The van der Waals surface area contributed by atoms with Crippen molar-refractivity contribution in [1.29, 1.82) is 0 Å². The average Bonchev–Trinajstić information content (AvgIpc) is 2.59. The molecule has 1 N–H and O–H groups in total. The number of rotatable bonds is 9. The first kappa shape index (κ1) is 17.1. The maximum atomic E-state index is 11.5. The minimum absolute atomic E-state index is 0.320. The molecule has 3 nitrogen and oxygen atoms in total. The van der Waals surface area contributed by atoms with Gasteiger partial charge in [0.2, 0.25) is 0 Å². The maximum absolute atomic E-state index is 11.5. The van der Waals surface area contributed by atoms with Crippen molar-refractivity contribution in [3.63, 3.8) is 0 Å². The Morgan fingerprint density at radius 3 is 2.30 bits per heavy atom. The van der Waals surface area contributed by atoms with Gasteiger partial charge < -0.3 is 9.84 Å². The van der Waals surface area contributed by atoms with Gasteiger partial charge in [-0.1, -0.05) is 48.9 Å². The SMILES string of the molecule is COc1ccc(C[C@@H](CCCCc2ccccc2)C(=O)O)cc1. The number of ether oxygens (including phenoxy) is 1. The highest BCUT2D eigenvalue weighted by Crippen LogP contribution is 2.19. The van der Waals surface area contributed by atoms with Gasteiger partial charge in [-0.2, -0.15) is 0 Å². The predicted octanol–water partition coefficient (Wildman–Crippen LogP) is 4.35. The van der Waals surface area contributed by atoms with Crippen LogP contribution in [0.2, 0.25) is 0 Å². The van der Waals surface area contributed by atoms with Crippen molar-refractivity contribution in [2.75, 3.05) is 7.11 Å². The first-order valence-electron chi connectivity index (χ1n) is 8.08. The fraction of sp³-hybridized carbons (Fsp3) is 0.350. The number of methoxy groups -OCH3 is 1. The number of unbranched alkanes of at least 4 members (excludes halogenated alkanes) is 1. The van der Waals surface area contributed by atoms with E-state index in [1.165, 1.54) is 5.56 Å². The summed E-state index contributed by atoms with van der Waals surface area (Å²) in [5.74, 6) is -0.233. The molecule has 2 aromatic carbocycles. The van der Waals surface area contributed by atoms with E-state index in [0.717, 1.165) is 30.6 Å². The standard InChI is InChI=1S/C20H24O3/c1-23-19-13-11-17(12-14-19)15-18(20(21)22)10-6-5-9-16-7-3-2-4-8-16/h2-4,7-8,11-14,18H,5-6,9-10,15H2,1H3,(H,21,22)/t18-/m1/s1. The molecule has 0 saturated carbocycles. The summed E-state index contributed by atoms with van der Waals surface area (Å²) in [6.07, 6.45) is 4.26. The Bertz CT molecular complexity index is 590. The van der Waals surface area contributed by atoms with Crippen LogP contribution >= 0.6 is 0 Å². The van der Waals surface area contributed by atoms with Crippen molar-refractivity contribution in [2.45, 2.75) is 32.1 Å². The van der Waals surface area contributed by atoms with E-state index in [4.69, 9.17) is 4.74 Å². The van der Waals surface area contributed by atoms with Gasteiger partial charge in [0, 0.05) is 0 Å². The van der Waals surface area contributed by atoms with Crippen molar-refractivity contribution in [1.82, 2.24) is 0 Å². The van der Waals surface area contributed by atoms with Crippen molar-refractivity contribution < 1.29 is 14.6 Å². The van der Waals surface area contributed by atoms with Crippen molar-refractivity contribution >= 4 is 5.97 Å². The Kier molecular flexibility index (Phi) is 6.67. The summed E-state index contributed by atoms with van der Waals surface area (Å²) in [5, 5.41) is 9.43. The first-order valence-corrected chi connectivity index (χ1v) is 8.08. The molecule has 0 aliphatic carbocycles. The van der Waals surface area contributed by atoms with Gasteiger partial charge in [0.25, 0.3) is 0 Å². The number of carboxylic acid groups (broad SMARTS) is 1. The van der Waals surface area contributed by atoms with E-state index in [1.807, 2.05) is 42.5 Å². The molecule has 2 rings (SSSR count). The summed E-state index contributed by atoms with van der Waals surface area (Å²) >= 11 is 0. The molecule has 0 radical (unpaired) electrons. The van der Waals surface area contributed by atoms with Gasteiger partial charge in [-0.05, 0) is 48.9 Å². The Balaban J connectivity index is 1.80. The fourth-order valence-electron chi connectivity index (χ4n) is 2.72. The molecule has 2 aromatic rings. The quantitative estimate of drug-likeness (QED) is 0.700. The normalized spacial score (nSPS) is 11.9. The Labute approximate surface area is 137 Å². The van der Waals surface area contributed by atoms with E-state index < -0.39 is 5.97 Å². The molecule has 0 amide bonds. The van der Waals surface area contributed by atoms with Gasteiger partial charge in [0.1, 0.15) is 5.75 Å². The molecule has 0 spiro atoms. The predicted molar refractivity (Wildman–Crippen MR) is 91.8 cm³/mol. The number of aryl methyl sites for hydroxylation is 1. The summed E-state index contributed by atoms with van der Waals surface area (Å²) in [5.41, 5.74) is 2.36. The number of aliphatic carboxylic acids is 1. The second kappa shape index (κ2) is 8.99. The molecule has 0 aliphatic heterocycles. The highest BCUT2D eigenvalue weighted by Gasteiger charge is 2.17. The minimum atomic E-state index is -0.708. The van der Waals surface area contributed by atoms with Crippen LogP contribution in [-0.4, -0.2) is 18.2 Å². The van der Waals surface area contributed by atoms with Crippen LogP contribution in [0.15, 0.2) is 54.6 Å². The van der Waals surface area contributed by atoms with Crippen molar-refractivity contribution in [3.05, 3.63) is 65.7 Å². The molecule has 0 saturated heterocycles. The van der Waals surface area contributed by atoms with Crippen LogP contribution in [0.5, 0.6) is 5.75 Å². The number of hydrogen-bond donors (Lipinski definition) is 1. The molecule has 1 atom stereocenters. The maximum Gasteiger partial charge on any atom is 0.306 e. The summed E-state index contributed by atoms with van der Waals surface area (Å²) in [7, 11) is 1.63. The monoisotopic (exact) mass is 312 g/mol. The lowest BCUT2D eigenvalue weighted by Crippen LogP contribution is -2.16. The molecule has 122 valence electrons. The van der Waals surface area contributed by atoms with E-state index in [0.29, 0.717) is 12.8 Å². The number of hydrogen-bond acceptors (Lipinski definition) is 2. The van der Waals surface area contributed by atoms with E-state index in [2.05, 4.69) is 12.1 Å². The van der Waals surface area contributed by atoms with Gasteiger partial charge in [-0.25, -0.2) is 0 Å². The number of carbonyl (C=O) groups is 1. The zero-order valence-electron chi connectivity index (χ0n) is 13.6. The second-order valence-electron chi connectivity index (χ2n) is 5.82. The molecule has 0 heterocycles. The van der Waals surface area contributed by atoms with Crippen LogP contribution in [-0.2, 0) is 17.6 Å². The summed E-state index contributed by atoms with van der Waals surface area (Å²) in [6.45, 7) is 0. The lowest BCUT2D eigenvalue weighted by Gasteiger charge is -2.13. The zero-order chi connectivity index (χ0) is 16.5. The highest BCUT2D eigenvalue weighted by molar-refractivity contribution is 5.70. The topological polar surface area (TPSA) is 46.5 Å². The van der Waals surface area contributed by atoms with Gasteiger partial charge >= 0.3 is 5.97 Å². The average molecular weight is 312 g/mol. The van der Waals surface area contributed by atoms with Crippen LogP contribution in [0.1, 0.15) is 30.4 Å². The molecule has 3 heteroatoms. The third-order valence-corrected chi connectivity index (χ3v) is 4.10. The van der Waals surface area contributed by atoms with Crippen LogP contribution in [0.25, 0.3) is 0 Å². The van der Waals surface area contributed by atoms with Gasteiger partial charge in [0.05, 0.1) is 13.0 Å². The molecule has 23 heavy (non-hydrogen) atoms. The highest BCUT2D eigenvalue weighted by atomic mass is 16.5. The number of carboxylic acids is 1. The lowest BCUT2D eigenvalue weighted by atomic mass is 9.93. The second-order valence-corrected chi connectivity index (χ2v) is 5.82. The van der Waals surface area contributed by atoms with Gasteiger partial charge in [-0.15, -0.1) is 0 Å². The van der Waals surface area contributed by atoms with Gasteiger partial charge in [0.15, 0.2) is 0 Å². The van der Waals surface area contributed by atoms with E-state index >= 15 is 0 Å². The molecular weight excluding hydrogens is 288 g/mol. The largest absolute Gasteiger partial charge is 0.497 e. The van der Waals surface area contributed by atoms with Crippen molar-refractivity contribution in [2.24, 2.45) is 5.92 Å². The molecule has 0 fully saturated rings. The summed E-state index contributed by atoms with van der Waals surface area (Å²) in [4.78, 5) is 11.5. The van der Waals surface area contributed by atoms with Crippen LogP contribution in [0.4, 0.5) is 0 Å². The smallest absolute Gasteiger partial charge is 0.306 e. The molecule has 0 bridgehead atoms. The molecular formula is C20H24O3. The third-order valence-electron chi connectivity index (χ3n) is 4.10. The van der Waals surface area contributed by atoms with Gasteiger partial charge in [-0.3, -0.25) is 4.79 Å². The minimum Gasteiger partial charge on any atom is -0.497 e. The van der Waals surface area contributed by atoms with Crippen LogP contribution in [0, 0.1) is 5.92 Å². The van der Waals surface area contributed by atoms with E-state index in [1.54, 1.807) is 7.11 Å². The van der Waals surface area contributed by atoms with Crippen LogP contribution < -0.4 is 4.74 Å². The fourth-order valence-corrected chi connectivity index (χ4v) is 2.72. The molecule has 0 unspecified atom stereocenters. The Morgan fingerprint density at radius 1 is 1.00 bits per heavy atom. The van der Waals surface area contributed by atoms with E-state index in [-0.39, 0.29) is 5.92 Å². The number of benzene rings is 2. The van der Waals surface area contributed by atoms with Crippen molar-refractivity contribution in [3.8, 4) is 5.75 Å². The first-order chi connectivity index (χ1) is 11.2. The van der Waals surface area contributed by atoms with E-state index in [9.17, 15) is 9.90 Å². The molecule has 0 aliphatic rings. The summed E-state index contributed by atoms with van der Waals surface area (Å²) < 4.78 is 5.13. The molecule has 0 aromatic heterocycles. The lowest BCUT2D eigenvalue weighted by molar-refractivity contribution is -0.142. The van der Waals surface area contributed by atoms with Crippen LogP contribution in [0.3, 0.4) is 0 Å². The Morgan fingerprint density at radius 2 is 1.70 bits per heavy atom. The third kappa shape index (κ3) is 5.78. The Hall–Kier alpha value is -2.29. The zero-order valence-corrected chi connectivity index (χ0v) is 13.6.